The molecule has 0 bridgehead atoms. The molecule has 142 valence electrons. The van der Waals surface area contributed by atoms with Crippen molar-refractivity contribution in [1.82, 2.24) is 24.3 Å². The van der Waals surface area contributed by atoms with Gasteiger partial charge in [-0.05, 0) is 30.7 Å². The Bertz CT molecular complexity index is 1320. The van der Waals surface area contributed by atoms with Gasteiger partial charge in [0.2, 0.25) is 0 Å². The van der Waals surface area contributed by atoms with E-state index in [1.54, 1.807) is 6.20 Å². The minimum Gasteiger partial charge on any atom is -0.454 e. The molecule has 0 amide bonds. The number of hydrogen-bond donors (Lipinski definition) is 0. The number of aryl methyl sites for hydroxylation is 1. The molecule has 0 radical (unpaired) electrons. The first kappa shape index (κ1) is 17.4. The van der Waals surface area contributed by atoms with Crippen LogP contribution < -0.4 is 0 Å². The molecule has 0 fully saturated rings. The van der Waals surface area contributed by atoms with Crippen LogP contribution in [0.3, 0.4) is 0 Å². The zero-order valence-corrected chi connectivity index (χ0v) is 16.3. The highest BCUT2D eigenvalue weighted by Gasteiger charge is 2.20. The number of rotatable bonds is 4. The molecule has 0 saturated carbocycles. The molecule has 0 aliphatic rings. The van der Waals surface area contributed by atoms with Crippen LogP contribution in [0.1, 0.15) is 21.7 Å². The van der Waals surface area contributed by atoms with E-state index in [0.29, 0.717) is 16.4 Å². The lowest BCUT2D eigenvalue weighted by molar-refractivity contribution is 0.0462. The fourth-order valence-corrected chi connectivity index (χ4v) is 4.06. The van der Waals surface area contributed by atoms with Gasteiger partial charge in [-0.25, -0.2) is 24.7 Å². The van der Waals surface area contributed by atoms with Crippen molar-refractivity contribution in [3.8, 4) is 10.7 Å². The van der Waals surface area contributed by atoms with Gasteiger partial charge in [-0.15, -0.1) is 11.3 Å². The van der Waals surface area contributed by atoms with E-state index in [1.165, 1.54) is 17.5 Å². The van der Waals surface area contributed by atoms with Crippen LogP contribution in [0.15, 0.2) is 61.2 Å². The summed E-state index contributed by atoms with van der Waals surface area (Å²) in [4.78, 5) is 30.4. The molecule has 0 unspecified atom stereocenters. The Morgan fingerprint density at radius 3 is 2.83 bits per heavy atom. The molecule has 0 N–H and O–H groups in total. The van der Waals surface area contributed by atoms with Gasteiger partial charge in [0.1, 0.15) is 23.0 Å². The van der Waals surface area contributed by atoms with Crippen molar-refractivity contribution in [2.24, 2.45) is 0 Å². The number of benzene rings is 1. The van der Waals surface area contributed by atoms with Gasteiger partial charge in [-0.2, -0.15) is 0 Å². The third-order valence-electron chi connectivity index (χ3n) is 4.47. The summed E-state index contributed by atoms with van der Waals surface area (Å²) in [7, 11) is 0. The van der Waals surface area contributed by atoms with Crippen molar-refractivity contribution in [2.75, 3.05) is 0 Å². The Hall–Kier alpha value is -3.65. The Morgan fingerprint density at radius 2 is 1.97 bits per heavy atom. The monoisotopic (exact) mass is 401 g/mol. The van der Waals surface area contributed by atoms with E-state index in [1.807, 2.05) is 60.1 Å². The number of pyridine rings is 1. The molecule has 29 heavy (non-hydrogen) atoms. The largest absolute Gasteiger partial charge is 0.454 e. The Balaban J connectivity index is 1.42. The van der Waals surface area contributed by atoms with Crippen molar-refractivity contribution >= 4 is 33.2 Å². The Morgan fingerprint density at radius 1 is 1.10 bits per heavy atom. The van der Waals surface area contributed by atoms with Crippen LogP contribution in [0.2, 0.25) is 0 Å². The van der Waals surface area contributed by atoms with Gasteiger partial charge in [0.25, 0.3) is 0 Å². The molecule has 0 saturated heterocycles. The molecule has 0 atom stereocenters. The highest BCUT2D eigenvalue weighted by molar-refractivity contribution is 7.21. The van der Waals surface area contributed by atoms with Gasteiger partial charge in [0.05, 0.1) is 15.9 Å². The predicted octanol–water partition coefficient (Wildman–Crippen LogP) is 4.07. The molecular weight excluding hydrogens is 386 g/mol. The van der Waals surface area contributed by atoms with Crippen molar-refractivity contribution in [3.63, 3.8) is 0 Å². The summed E-state index contributed by atoms with van der Waals surface area (Å²) in [6, 6.07) is 11.7. The first-order valence-electron chi connectivity index (χ1n) is 8.96. The smallest absolute Gasteiger partial charge is 0.359 e. The lowest BCUT2D eigenvalue weighted by atomic mass is 10.3. The first-order chi connectivity index (χ1) is 14.2. The zero-order valence-electron chi connectivity index (χ0n) is 15.4. The summed E-state index contributed by atoms with van der Waals surface area (Å²) in [5, 5.41) is 0.634. The fraction of sp³-hybridized carbons (Fsp3) is 0.0952. The molecule has 5 aromatic rings. The van der Waals surface area contributed by atoms with Gasteiger partial charge >= 0.3 is 5.97 Å². The van der Waals surface area contributed by atoms with Crippen LogP contribution in [-0.4, -0.2) is 30.3 Å². The minimum absolute atomic E-state index is 0.0514. The van der Waals surface area contributed by atoms with E-state index in [-0.39, 0.29) is 12.3 Å². The van der Waals surface area contributed by atoms with Gasteiger partial charge in [-0.3, -0.25) is 0 Å². The number of imidazole rings is 1. The molecule has 4 aromatic heterocycles. The molecule has 0 aliphatic heterocycles. The molecule has 7 nitrogen and oxygen atoms in total. The lowest BCUT2D eigenvalue weighted by Gasteiger charge is -2.05. The van der Waals surface area contributed by atoms with Crippen LogP contribution >= 0.6 is 11.3 Å². The van der Waals surface area contributed by atoms with E-state index >= 15 is 0 Å². The van der Waals surface area contributed by atoms with E-state index in [4.69, 9.17) is 4.74 Å². The van der Waals surface area contributed by atoms with E-state index in [2.05, 4.69) is 19.9 Å². The molecule has 1 aromatic carbocycles. The minimum atomic E-state index is -0.555. The Kier molecular flexibility index (Phi) is 4.25. The molecule has 5 rings (SSSR count). The SMILES string of the molecule is Cc1cccn2cc(COC(=O)c3nccnc3-c3nc4ccccc4s3)nc12. The number of hydrogen-bond acceptors (Lipinski definition) is 7. The maximum atomic E-state index is 12.7. The third kappa shape index (κ3) is 3.23. The maximum Gasteiger partial charge on any atom is 0.359 e. The number of esters is 1. The summed E-state index contributed by atoms with van der Waals surface area (Å²) in [5.74, 6) is -0.555. The number of carbonyl (C=O) groups is 1. The van der Waals surface area contributed by atoms with Gasteiger partial charge in [-0.1, -0.05) is 18.2 Å². The second kappa shape index (κ2) is 7.06. The van der Waals surface area contributed by atoms with Crippen LogP contribution in [0.5, 0.6) is 0 Å². The van der Waals surface area contributed by atoms with Crippen LogP contribution in [-0.2, 0) is 11.3 Å². The van der Waals surface area contributed by atoms with E-state index in [0.717, 1.165) is 21.4 Å². The average Bonchev–Trinajstić information content (AvgIpc) is 3.36. The molecule has 0 spiro atoms. The van der Waals surface area contributed by atoms with Gasteiger partial charge in [0, 0.05) is 24.8 Å². The average molecular weight is 401 g/mol. The quantitative estimate of drug-likeness (QED) is 0.422. The molecule has 0 aliphatic carbocycles. The normalized spacial score (nSPS) is 11.2. The van der Waals surface area contributed by atoms with Crippen molar-refractivity contribution in [3.05, 3.63) is 78.1 Å². The topological polar surface area (TPSA) is 82.3 Å². The van der Waals surface area contributed by atoms with Crippen molar-refractivity contribution in [2.45, 2.75) is 13.5 Å². The predicted molar refractivity (Wildman–Crippen MR) is 110 cm³/mol. The summed E-state index contributed by atoms with van der Waals surface area (Å²) < 4.78 is 8.41. The number of fused-ring (bicyclic) bond motifs is 2. The van der Waals surface area contributed by atoms with Crippen molar-refractivity contribution < 1.29 is 9.53 Å². The third-order valence-corrected chi connectivity index (χ3v) is 5.51. The summed E-state index contributed by atoms with van der Waals surface area (Å²) in [6.07, 6.45) is 6.78. The second-order valence-corrected chi connectivity index (χ2v) is 7.50. The van der Waals surface area contributed by atoms with Gasteiger partial charge in [0.15, 0.2) is 5.69 Å². The van der Waals surface area contributed by atoms with E-state index in [9.17, 15) is 4.79 Å². The number of ether oxygens (including phenoxy) is 1. The number of aromatic nitrogens is 5. The molecular formula is C21H15N5O2S. The van der Waals surface area contributed by atoms with Crippen LogP contribution in [0, 0.1) is 6.92 Å². The van der Waals surface area contributed by atoms with E-state index < -0.39 is 5.97 Å². The second-order valence-electron chi connectivity index (χ2n) is 6.47. The summed E-state index contributed by atoms with van der Waals surface area (Å²) in [6.45, 7) is 2.04. The van der Waals surface area contributed by atoms with Crippen LogP contribution in [0.4, 0.5) is 0 Å². The summed E-state index contributed by atoms with van der Waals surface area (Å²) in [5.41, 5.74) is 3.98. The fourth-order valence-electron chi connectivity index (χ4n) is 3.10. The lowest BCUT2D eigenvalue weighted by Crippen LogP contribution is -2.10. The highest BCUT2D eigenvalue weighted by atomic mass is 32.1. The summed E-state index contributed by atoms with van der Waals surface area (Å²) >= 11 is 1.46. The van der Waals surface area contributed by atoms with Crippen LogP contribution in [0.25, 0.3) is 26.6 Å². The number of para-hydroxylation sites is 1. The zero-order chi connectivity index (χ0) is 19.8. The first-order valence-corrected chi connectivity index (χ1v) is 9.78. The standard InChI is InChI=1S/C21H15N5O2S/c1-13-5-4-10-26-11-14(24-19(13)26)12-28-21(27)18-17(22-8-9-23-18)20-25-15-6-2-3-7-16(15)29-20/h2-11H,12H2,1H3. The highest BCUT2D eigenvalue weighted by Crippen LogP contribution is 2.30. The van der Waals surface area contributed by atoms with Gasteiger partial charge < -0.3 is 9.14 Å². The number of nitrogens with zero attached hydrogens (tertiary/aromatic N) is 5. The molecule has 4 heterocycles. The maximum absolute atomic E-state index is 12.7. The number of thiazole rings is 1. The number of carbonyl (C=O) groups excluding carboxylic acids is 1. The molecule has 8 heteroatoms. The van der Waals surface area contributed by atoms with Crippen molar-refractivity contribution in [1.29, 1.82) is 0 Å². The Labute approximate surface area is 169 Å².